The molecule has 0 aromatic heterocycles. The van der Waals surface area contributed by atoms with Crippen molar-refractivity contribution in [3.63, 3.8) is 0 Å². The van der Waals surface area contributed by atoms with Gasteiger partial charge in [0.2, 0.25) is 5.91 Å². The van der Waals surface area contributed by atoms with Crippen molar-refractivity contribution in [1.29, 1.82) is 0 Å². The lowest BCUT2D eigenvalue weighted by Gasteiger charge is -2.25. The maximum absolute atomic E-state index is 11.2. The highest BCUT2D eigenvalue weighted by molar-refractivity contribution is 5.75. The molecule has 2 N–H and O–H groups in total. The van der Waals surface area contributed by atoms with E-state index in [1.807, 2.05) is 19.2 Å². The van der Waals surface area contributed by atoms with Crippen LogP contribution >= 0.6 is 0 Å². The summed E-state index contributed by atoms with van der Waals surface area (Å²) in [5.41, 5.74) is 1.04. The third-order valence-corrected chi connectivity index (χ3v) is 3.32. The van der Waals surface area contributed by atoms with Crippen LogP contribution in [0, 0.1) is 0 Å². The van der Waals surface area contributed by atoms with Crippen molar-refractivity contribution in [3.8, 4) is 11.5 Å². The van der Waals surface area contributed by atoms with Crippen LogP contribution in [0.15, 0.2) is 18.2 Å². The van der Waals surface area contributed by atoms with Gasteiger partial charge in [0, 0.05) is 26.1 Å². The number of methoxy groups -OCH3 is 1. The van der Waals surface area contributed by atoms with E-state index in [4.69, 9.17) is 4.74 Å². The second-order valence-corrected chi connectivity index (χ2v) is 4.51. The third kappa shape index (κ3) is 4.13. The van der Waals surface area contributed by atoms with Crippen LogP contribution in [0.25, 0.3) is 0 Å². The van der Waals surface area contributed by atoms with Crippen molar-refractivity contribution in [2.75, 3.05) is 27.7 Å². The molecule has 0 saturated heterocycles. The Morgan fingerprint density at radius 2 is 2.21 bits per heavy atom. The molecule has 0 aliphatic rings. The molecule has 5 nitrogen and oxygen atoms in total. The Labute approximate surface area is 114 Å². The van der Waals surface area contributed by atoms with Gasteiger partial charge in [-0.3, -0.25) is 9.69 Å². The van der Waals surface area contributed by atoms with Crippen LogP contribution in [-0.2, 0) is 4.79 Å². The zero-order valence-electron chi connectivity index (χ0n) is 11.9. The summed E-state index contributed by atoms with van der Waals surface area (Å²) >= 11 is 0. The molecule has 1 atom stereocenters. The second kappa shape index (κ2) is 6.99. The Bertz CT molecular complexity index is 435. The Hall–Kier alpha value is -1.75. The molecular formula is C14H22N2O3. The van der Waals surface area contributed by atoms with Crippen LogP contribution in [0.2, 0.25) is 0 Å². The van der Waals surface area contributed by atoms with Crippen molar-refractivity contribution in [2.24, 2.45) is 0 Å². The Kier molecular flexibility index (Phi) is 5.63. The number of aromatic hydroxyl groups is 1. The number of amides is 1. The number of hydrogen-bond donors (Lipinski definition) is 2. The van der Waals surface area contributed by atoms with Gasteiger partial charge in [0.05, 0.1) is 7.11 Å². The number of rotatable bonds is 6. The zero-order valence-corrected chi connectivity index (χ0v) is 11.9. The van der Waals surface area contributed by atoms with Crippen molar-refractivity contribution >= 4 is 5.91 Å². The number of carbonyl (C=O) groups excluding carboxylic acids is 1. The number of benzene rings is 1. The van der Waals surface area contributed by atoms with Crippen molar-refractivity contribution in [3.05, 3.63) is 23.8 Å². The quantitative estimate of drug-likeness (QED) is 0.819. The van der Waals surface area contributed by atoms with Crippen LogP contribution in [0.4, 0.5) is 0 Å². The largest absolute Gasteiger partial charge is 0.504 e. The highest BCUT2D eigenvalue weighted by Crippen LogP contribution is 2.30. The molecule has 1 rings (SSSR count). The Balaban J connectivity index is 2.70. The molecule has 0 aliphatic carbocycles. The first-order chi connectivity index (χ1) is 8.99. The number of carbonyl (C=O) groups is 1. The van der Waals surface area contributed by atoms with E-state index in [-0.39, 0.29) is 17.7 Å². The molecule has 0 heterocycles. The van der Waals surface area contributed by atoms with Gasteiger partial charge in [-0.1, -0.05) is 6.07 Å². The molecule has 1 unspecified atom stereocenters. The summed E-state index contributed by atoms with van der Waals surface area (Å²) in [6.45, 7) is 2.72. The zero-order chi connectivity index (χ0) is 14.4. The summed E-state index contributed by atoms with van der Waals surface area (Å²) < 4.78 is 5.10. The van der Waals surface area contributed by atoms with Gasteiger partial charge < -0.3 is 15.2 Å². The number of hydrogen-bond acceptors (Lipinski definition) is 4. The van der Waals surface area contributed by atoms with Gasteiger partial charge in [0.15, 0.2) is 11.5 Å². The van der Waals surface area contributed by atoms with Gasteiger partial charge in [0.25, 0.3) is 0 Å². The summed E-state index contributed by atoms with van der Waals surface area (Å²) in [7, 11) is 5.13. The van der Waals surface area contributed by atoms with E-state index in [9.17, 15) is 9.90 Å². The Morgan fingerprint density at radius 3 is 2.79 bits per heavy atom. The molecule has 1 aromatic rings. The minimum Gasteiger partial charge on any atom is -0.504 e. The molecule has 0 radical (unpaired) electrons. The van der Waals surface area contributed by atoms with Gasteiger partial charge in [-0.05, 0) is 31.7 Å². The van der Waals surface area contributed by atoms with Crippen molar-refractivity contribution in [1.82, 2.24) is 10.2 Å². The van der Waals surface area contributed by atoms with Crippen LogP contribution in [0.1, 0.15) is 24.9 Å². The van der Waals surface area contributed by atoms with Gasteiger partial charge >= 0.3 is 0 Å². The summed E-state index contributed by atoms with van der Waals surface area (Å²) in [4.78, 5) is 13.3. The van der Waals surface area contributed by atoms with Gasteiger partial charge in [-0.15, -0.1) is 0 Å². The number of nitrogens with one attached hydrogen (secondary N) is 1. The minimum absolute atomic E-state index is 0.0299. The first kappa shape index (κ1) is 15.3. The summed E-state index contributed by atoms with van der Waals surface area (Å²) in [5, 5.41) is 12.2. The average molecular weight is 266 g/mol. The molecule has 1 aromatic carbocycles. The SMILES string of the molecule is CNC(=O)CCN(C)C(C)c1ccc(O)c(OC)c1. The average Bonchev–Trinajstić information content (AvgIpc) is 2.43. The van der Waals surface area contributed by atoms with E-state index in [2.05, 4.69) is 17.1 Å². The maximum atomic E-state index is 11.2. The Morgan fingerprint density at radius 1 is 1.53 bits per heavy atom. The van der Waals surface area contributed by atoms with E-state index in [0.29, 0.717) is 18.7 Å². The van der Waals surface area contributed by atoms with E-state index >= 15 is 0 Å². The lowest BCUT2D eigenvalue weighted by atomic mass is 10.1. The molecule has 0 saturated carbocycles. The molecule has 106 valence electrons. The predicted octanol–water partition coefficient (Wildman–Crippen LogP) is 1.53. The van der Waals surface area contributed by atoms with Crippen molar-refractivity contribution < 1.29 is 14.6 Å². The minimum atomic E-state index is 0.0299. The molecule has 19 heavy (non-hydrogen) atoms. The molecule has 1 amide bonds. The fourth-order valence-electron chi connectivity index (χ4n) is 1.81. The fraction of sp³-hybridized carbons (Fsp3) is 0.500. The highest BCUT2D eigenvalue weighted by Gasteiger charge is 2.14. The van der Waals surface area contributed by atoms with Crippen LogP contribution in [-0.4, -0.2) is 43.7 Å². The van der Waals surface area contributed by atoms with Gasteiger partial charge in [-0.2, -0.15) is 0 Å². The third-order valence-electron chi connectivity index (χ3n) is 3.32. The first-order valence-electron chi connectivity index (χ1n) is 6.27. The maximum Gasteiger partial charge on any atom is 0.221 e. The smallest absolute Gasteiger partial charge is 0.221 e. The van der Waals surface area contributed by atoms with E-state index in [1.165, 1.54) is 7.11 Å². The van der Waals surface area contributed by atoms with Crippen molar-refractivity contribution in [2.45, 2.75) is 19.4 Å². The molecule has 0 aliphatic heterocycles. The molecule has 5 heteroatoms. The standard InChI is InChI=1S/C14H22N2O3/c1-10(16(3)8-7-14(18)15-2)11-5-6-12(17)13(9-11)19-4/h5-6,9-10,17H,7-8H2,1-4H3,(H,15,18). The van der Waals surface area contributed by atoms with E-state index in [0.717, 1.165) is 5.56 Å². The van der Waals surface area contributed by atoms with E-state index in [1.54, 1.807) is 13.1 Å². The van der Waals surface area contributed by atoms with E-state index < -0.39 is 0 Å². The highest BCUT2D eigenvalue weighted by atomic mass is 16.5. The molecule has 0 fully saturated rings. The predicted molar refractivity (Wildman–Crippen MR) is 74.4 cm³/mol. The topological polar surface area (TPSA) is 61.8 Å². The fourth-order valence-corrected chi connectivity index (χ4v) is 1.81. The number of phenolic OH excluding ortho intramolecular Hbond substituents is 1. The van der Waals surface area contributed by atoms with Gasteiger partial charge in [0.1, 0.15) is 0 Å². The van der Waals surface area contributed by atoms with Crippen LogP contribution in [0.3, 0.4) is 0 Å². The second-order valence-electron chi connectivity index (χ2n) is 4.51. The summed E-state index contributed by atoms with van der Waals surface area (Å²) in [5.74, 6) is 0.623. The number of ether oxygens (including phenoxy) is 1. The summed E-state index contributed by atoms with van der Waals surface area (Å²) in [6, 6.07) is 5.44. The lowest BCUT2D eigenvalue weighted by Crippen LogP contribution is -2.28. The number of phenols is 1. The molecule has 0 spiro atoms. The first-order valence-corrected chi connectivity index (χ1v) is 6.27. The summed E-state index contributed by atoms with van der Waals surface area (Å²) in [6.07, 6.45) is 0.465. The van der Waals surface area contributed by atoms with Crippen LogP contribution < -0.4 is 10.1 Å². The normalized spacial score (nSPS) is 12.3. The molecule has 0 bridgehead atoms. The van der Waals surface area contributed by atoms with Crippen LogP contribution in [0.5, 0.6) is 11.5 Å². The monoisotopic (exact) mass is 266 g/mol. The lowest BCUT2D eigenvalue weighted by molar-refractivity contribution is -0.120. The number of nitrogens with zero attached hydrogens (tertiary/aromatic N) is 1. The molecular weight excluding hydrogens is 244 g/mol. The van der Waals surface area contributed by atoms with Gasteiger partial charge in [-0.25, -0.2) is 0 Å².